The lowest BCUT2D eigenvalue weighted by molar-refractivity contribution is 0.824. The molecule has 0 bridgehead atoms. The SMILES string of the molecule is Cc1[nH]ccc2c1[nH]c1cc(=O)ccc12.Cl.O. The number of pyridine rings is 1. The lowest BCUT2D eigenvalue weighted by atomic mass is 10.2. The van der Waals surface area contributed by atoms with Gasteiger partial charge in [0.05, 0.1) is 11.0 Å². The number of aryl methyl sites for hydroxylation is 1. The summed E-state index contributed by atoms with van der Waals surface area (Å²) in [5, 5.41) is 2.25. The van der Waals surface area contributed by atoms with Crippen LogP contribution in [0.3, 0.4) is 0 Å². The van der Waals surface area contributed by atoms with Crippen LogP contribution in [-0.2, 0) is 0 Å². The van der Waals surface area contributed by atoms with Crippen molar-refractivity contribution >= 4 is 34.2 Å². The van der Waals surface area contributed by atoms with Gasteiger partial charge in [0.2, 0.25) is 0 Å². The van der Waals surface area contributed by atoms with Crippen LogP contribution in [0.2, 0.25) is 0 Å². The van der Waals surface area contributed by atoms with E-state index in [2.05, 4.69) is 9.97 Å². The molecule has 0 atom stereocenters. The Morgan fingerprint density at radius 1 is 1.12 bits per heavy atom. The molecule has 0 spiro atoms. The summed E-state index contributed by atoms with van der Waals surface area (Å²) in [5.41, 5.74) is 3.09. The zero-order valence-electron chi connectivity index (χ0n) is 9.20. The molecule has 0 aliphatic rings. The molecule has 4 nitrogen and oxygen atoms in total. The Kier molecular flexibility index (Phi) is 3.60. The largest absolute Gasteiger partial charge is 0.412 e. The topological polar surface area (TPSA) is 80.2 Å². The van der Waals surface area contributed by atoms with E-state index in [4.69, 9.17) is 0 Å². The van der Waals surface area contributed by atoms with Crippen LogP contribution in [0.25, 0.3) is 21.8 Å². The van der Waals surface area contributed by atoms with Crippen molar-refractivity contribution in [1.29, 1.82) is 0 Å². The molecule has 5 heteroatoms. The van der Waals surface area contributed by atoms with Gasteiger partial charge < -0.3 is 15.4 Å². The summed E-state index contributed by atoms with van der Waals surface area (Å²) in [6.45, 7) is 2.01. The second-order valence-electron chi connectivity index (χ2n) is 3.72. The Morgan fingerprint density at radius 3 is 2.65 bits per heavy atom. The molecule has 0 amide bonds. The minimum absolute atomic E-state index is 0. The van der Waals surface area contributed by atoms with E-state index in [1.54, 1.807) is 12.1 Å². The molecule has 0 radical (unpaired) electrons. The van der Waals surface area contributed by atoms with Gasteiger partial charge in [-0.25, -0.2) is 0 Å². The van der Waals surface area contributed by atoms with Crippen LogP contribution in [0.4, 0.5) is 0 Å². The van der Waals surface area contributed by atoms with Gasteiger partial charge in [0.15, 0.2) is 5.43 Å². The van der Waals surface area contributed by atoms with E-state index in [9.17, 15) is 4.79 Å². The molecular weight excluding hydrogens is 240 g/mol. The molecule has 0 aliphatic carbocycles. The van der Waals surface area contributed by atoms with Gasteiger partial charge >= 0.3 is 0 Å². The Morgan fingerprint density at radius 2 is 1.88 bits per heavy atom. The molecule has 2 heterocycles. The molecule has 3 rings (SSSR count). The number of halogens is 1. The second kappa shape index (κ2) is 4.61. The predicted molar refractivity (Wildman–Crippen MR) is 72.0 cm³/mol. The van der Waals surface area contributed by atoms with Crippen LogP contribution in [0.5, 0.6) is 0 Å². The van der Waals surface area contributed by atoms with Gasteiger partial charge in [-0.3, -0.25) is 4.79 Å². The minimum Gasteiger partial charge on any atom is -0.412 e. The second-order valence-corrected chi connectivity index (χ2v) is 3.72. The smallest absolute Gasteiger partial charge is 0.180 e. The summed E-state index contributed by atoms with van der Waals surface area (Å²) in [4.78, 5) is 17.6. The average Bonchev–Trinajstić information content (AvgIpc) is 2.57. The first-order valence-corrected chi connectivity index (χ1v) is 4.85. The van der Waals surface area contributed by atoms with Crippen molar-refractivity contribution in [2.45, 2.75) is 6.92 Å². The lowest BCUT2D eigenvalue weighted by Crippen LogP contribution is -1.93. The fourth-order valence-corrected chi connectivity index (χ4v) is 1.99. The molecule has 4 N–H and O–H groups in total. The molecular formula is C12H13ClN2O2. The van der Waals surface area contributed by atoms with Crippen molar-refractivity contribution in [3.8, 4) is 0 Å². The predicted octanol–water partition coefficient (Wildman–Crippen LogP) is 1.91. The van der Waals surface area contributed by atoms with E-state index in [1.807, 2.05) is 25.3 Å². The fraction of sp³-hybridized carbons (Fsp3) is 0.0833. The van der Waals surface area contributed by atoms with Crippen LogP contribution in [-0.4, -0.2) is 15.4 Å². The summed E-state index contributed by atoms with van der Waals surface area (Å²) in [5.74, 6) is 0. The maximum absolute atomic E-state index is 11.2. The first kappa shape index (κ1) is 13.3. The van der Waals surface area contributed by atoms with Crippen molar-refractivity contribution < 1.29 is 5.48 Å². The minimum atomic E-state index is 0. The van der Waals surface area contributed by atoms with Gasteiger partial charge in [0.1, 0.15) is 0 Å². The molecule has 1 aromatic carbocycles. The number of fused-ring (bicyclic) bond motifs is 3. The average molecular weight is 253 g/mol. The quantitative estimate of drug-likeness (QED) is 0.630. The maximum Gasteiger partial charge on any atom is 0.180 e. The summed E-state index contributed by atoms with van der Waals surface area (Å²) < 4.78 is 0. The van der Waals surface area contributed by atoms with Crippen LogP contribution in [0.15, 0.2) is 35.3 Å². The van der Waals surface area contributed by atoms with Gasteiger partial charge in [-0.1, -0.05) is 0 Å². The van der Waals surface area contributed by atoms with Crippen molar-refractivity contribution in [3.05, 3.63) is 46.4 Å². The highest BCUT2D eigenvalue weighted by Crippen LogP contribution is 2.24. The molecule has 17 heavy (non-hydrogen) atoms. The Bertz CT molecular complexity index is 715. The van der Waals surface area contributed by atoms with Crippen molar-refractivity contribution in [3.63, 3.8) is 0 Å². The van der Waals surface area contributed by atoms with Crippen molar-refractivity contribution in [2.24, 2.45) is 0 Å². The van der Waals surface area contributed by atoms with Crippen molar-refractivity contribution in [1.82, 2.24) is 9.97 Å². The van der Waals surface area contributed by atoms with E-state index in [0.717, 1.165) is 27.5 Å². The summed E-state index contributed by atoms with van der Waals surface area (Å²) in [6, 6.07) is 7.12. The highest BCUT2D eigenvalue weighted by Gasteiger charge is 2.05. The number of benzene rings is 1. The number of hydrogen-bond donors (Lipinski definition) is 2. The molecule has 0 aliphatic heterocycles. The van der Waals surface area contributed by atoms with Crippen molar-refractivity contribution in [2.75, 3.05) is 0 Å². The third kappa shape index (κ3) is 1.92. The molecule has 0 unspecified atom stereocenters. The summed E-state index contributed by atoms with van der Waals surface area (Å²) in [6.07, 6.45) is 1.91. The maximum atomic E-state index is 11.2. The fourth-order valence-electron chi connectivity index (χ4n) is 1.99. The van der Waals surface area contributed by atoms with Gasteiger partial charge in [0.25, 0.3) is 0 Å². The first-order chi connectivity index (χ1) is 7.25. The molecule has 0 fully saturated rings. The van der Waals surface area contributed by atoms with Gasteiger partial charge in [-0.15, -0.1) is 12.4 Å². The van der Waals surface area contributed by atoms with E-state index in [1.165, 1.54) is 0 Å². The third-order valence-corrected chi connectivity index (χ3v) is 2.74. The van der Waals surface area contributed by atoms with Gasteiger partial charge in [-0.2, -0.15) is 0 Å². The van der Waals surface area contributed by atoms with E-state index in [0.29, 0.717) is 0 Å². The molecule has 90 valence electrons. The monoisotopic (exact) mass is 252 g/mol. The third-order valence-electron chi connectivity index (χ3n) is 2.74. The number of aromatic nitrogens is 2. The normalized spacial score (nSPS) is 9.94. The molecule has 0 saturated heterocycles. The number of aromatic amines is 2. The Balaban J connectivity index is 0.000000722. The standard InChI is InChI=1S/C12H10N2O.ClH.H2O/c1-7-12-10(4-5-13-7)9-3-2-8(15)6-11(9)14-12;;/h2-6,13-14H,1H3;1H;1H2. The van der Waals surface area contributed by atoms with E-state index in [-0.39, 0.29) is 23.3 Å². The zero-order chi connectivity index (χ0) is 10.4. The van der Waals surface area contributed by atoms with Gasteiger partial charge in [0, 0.05) is 28.7 Å². The molecule has 0 saturated carbocycles. The highest BCUT2D eigenvalue weighted by atomic mass is 35.5. The highest BCUT2D eigenvalue weighted by molar-refractivity contribution is 6.07. The van der Waals surface area contributed by atoms with E-state index >= 15 is 0 Å². The Labute approximate surface area is 103 Å². The Hall–Kier alpha value is -1.78. The van der Waals surface area contributed by atoms with Crippen LogP contribution in [0, 0.1) is 6.92 Å². The first-order valence-electron chi connectivity index (χ1n) is 4.85. The summed E-state index contributed by atoms with van der Waals surface area (Å²) in [7, 11) is 0. The van der Waals surface area contributed by atoms with Crippen LogP contribution >= 0.6 is 12.4 Å². The lowest BCUT2D eigenvalue weighted by Gasteiger charge is -1.94. The zero-order valence-corrected chi connectivity index (χ0v) is 10.0. The van der Waals surface area contributed by atoms with Gasteiger partial charge in [-0.05, 0) is 25.1 Å². The number of H-pyrrole nitrogens is 2. The number of hydrogen-bond acceptors (Lipinski definition) is 1. The molecule has 3 aromatic rings. The number of nitrogens with one attached hydrogen (secondary N) is 2. The molecule has 2 aromatic heterocycles. The van der Waals surface area contributed by atoms with E-state index < -0.39 is 0 Å². The van der Waals surface area contributed by atoms with Crippen LogP contribution < -0.4 is 5.43 Å². The number of rotatable bonds is 0. The summed E-state index contributed by atoms with van der Waals surface area (Å²) >= 11 is 0. The van der Waals surface area contributed by atoms with Crippen LogP contribution in [0.1, 0.15) is 5.69 Å².